The molecule has 0 amide bonds. The van der Waals surface area contributed by atoms with Crippen molar-refractivity contribution < 1.29 is 9.47 Å². The number of thiophene rings is 1. The summed E-state index contributed by atoms with van der Waals surface area (Å²) < 4.78 is 12.8. The summed E-state index contributed by atoms with van der Waals surface area (Å²) in [6, 6.07) is 4.27. The Morgan fingerprint density at radius 3 is 3.00 bits per heavy atom. The lowest BCUT2D eigenvalue weighted by Gasteiger charge is -2.22. The third kappa shape index (κ3) is 6.52. The Labute approximate surface area is 176 Å². The zero-order valence-electron chi connectivity index (χ0n) is 17.6. The fraction of sp³-hybridized carbons (Fsp3) is 0.650. The molecule has 1 aliphatic heterocycles. The summed E-state index contributed by atoms with van der Waals surface area (Å²) in [5.74, 6) is 3.24. The number of nitrogens with one attached hydrogen (secondary N) is 1. The topological polar surface area (TPSA) is 76.8 Å². The summed E-state index contributed by atoms with van der Waals surface area (Å²) in [7, 11) is 3.68. The van der Waals surface area contributed by atoms with E-state index >= 15 is 0 Å². The number of nitrogens with zero attached hydrogens (tertiary/aromatic N) is 5. The van der Waals surface area contributed by atoms with Gasteiger partial charge in [0.1, 0.15) is 12.4 Å². The summed E-state index contributed by atoms with van der Waals surface area (Å²) in [5, 5.41) is 14.0. The monoisotopic (exact) mass is 420 g/mol. The van der Waals surface area contributed by atoms with Crippen molar-refractivity contribution in [1.29, 1.82) is 0 Å². The fourth-order valence-electron chi connectivity index (χ4n) is 3.31. The van der Waals surface area contributed by atoms with Crippen molar-refractivity contribution in [2.24, 2.45) is 18.0 Å². The van der Waals surface area contributed by atoms with E-state index in [2.05, 4.69) is 37.9 Å². The Bertz CT molecular complexity index is 761. The van der Waals surface area contributed by atoms with Crippen LogP contribution in [0.3, 0.4) is 0 Å². The summed E-state index contributed by atoms with van der Waals surface area (Å²) in [6.07, 6.45) is 2.11. The average molecular weight is 421 g/mol. The minimum absolute atomic E-state index is 0.518. The van der Waals surface area contributed by atoms with E-state index in [-0.39, 0.29) is 0 Å². The lowest BCUT2D eigenvalue weighted by Crippen LogP contribution is -2.41. The summed E-state index contributed by atoms with van der Waals surface area (Å²) in [4.78, 5) is 8.58. The van der Waals surface area contributed by atoms with E-state index in [4.69, 9.17) is 14.5 Å². The Morgan fingerprint density at radius 1 is 1.38 bits per heavy atom. The molecule has 29 heavy (non-hydrogen) atoms. The number of methoxy groups -OCH3 is 1. The van der Waals surface area contributed by atoms with Crippen LogP contribution in [0.4, 0.5) is 0 Å². The van der Waals surface area contributed by atoms with Crippen molar-refractivity contribution in [3.8, 4) is 0 Å². The minimum Gasteiger partial charge on any atom is -0.382 e. The van der Waals surface area contributed by atoms with Gasteiger partial charge in [-0.25, -0.2) is 4.99 Å². The third-order valence-corrected chi connectivity index (χ3v) is 6.09. The number of aryl methyl sites for hydroxylation is 1. The minimum atomic E-state index is 0.518. The van der Waals surface area contributed by atoms with Crippen LogP contribution in [0.1, 0.15) is 22.9 Å². The highest BCUT2D eigenvalue weighted by Gasteiger charge is 2.25. The van der Waals surface area contributed by atoms with Gasteiger partial charge in [0.05, 0.1) is 19.8 Å². The van der Waals surface area contributed by atoms with Crippen molar-refractivity contribution in [3.05, 3.63) is 34.0 Å². The van der Waals surface area contributed by atoms with E-state index in [0.29, 0.717) is 25.7 Å². The summed E-state index contributed by atoms with van der Waals surface area (Å²) in [5.41, 5.74) is 0. The summed E-state index contributed by atoms with van der Waals surface area (Å²) in [6.45, 7) is 7.34. The molecule has 1 unspecified atom stereocenters. The van der Waals surface area contributed by atoms with Crippen LogP contribution >= 0.6 is 11.3 Å². The molecule has 0 bridgehead atoms. The summed E-state index contributed by atoms with van der Waals surface area (Å²) >= 11 is 1.79. The van der Waals surface area contributed by atoms with Gasteiger partial charge < -0.3 is 24.3 Å². The molecule has 1 fully saturated rings. The zero-order valence-corrected chi connectivity index (χ0v) is 18.5. The van der Waals surface area contributed by atoms with Gasteiger partial charge in [-0.2, -0.15) is 0 Å². The number of ether oxygens (including phenoxy) is 2. The molecule has 1 saturated heterocycles. The molecule has 1 atom stereocenters. The van der Waals surface area contributed by atoms with Crippen molar-refractivity contribution in [2.75, 3.05) is 46.6 Å². The number of aliphatic imine (C=N–C) groups is 1. The quantitative estimate of drug-likeness (QED) is 0.359. The second kappa shape index (κ2) is 11.3. The Balaban J connectivity index is 1.57. The van der Waals surface area contributed by atoms with Crippen molar-refractivity contribution in [1.82, 2.24) is 25.0 Å². The number of guanidine groups is 1. The first-order valence-electron chi connectivity index (χ1n) is 10.1. The number of rotatable bonds is 10. The maximum atomic E-state index is 5.73. The lowest BCUT2D eigenvalue weighted by atomic mass is 10.1. The maximum Gasteiger partial charge on any atom is 0.194 e. The van der Waals surface area contributed by atoms with Crippen molar-refractivity contribution in [2.45, 2.75) is 26.3 Å². The third-order valence-electron chi connectivity index (χ3n) is 5.16. The molecule has 160 valence electrons. The molecule has 0 aliphatic carbocycles. The maximum absolute atomic E-state index is 5.73. The average Bonchev–Trinajstić information content (AvgIpc) is 3.46. The number of likely N-dealkylation sites (tertiary alicyclic amines) is 1. The first-order chi connectivity index (χ1) is 14.2. The van der Waals surface area contributed by atoms with E-state index < -0.39 is 0 Å². The normalized spacial score (nSPS) is 17.3. The van der Waals surface area contributed by atoms with Crippen LogP contribution in [0.25, 0.3) is 0 Å². The SMILES string of the molecule is COCCOCC1CCN(C(=NCc2nnc(C)n2C)NCCc2cccs2)C1. The van der Waals surface area contributed by atoms with Gasteiger partial charge in [0, 0.05) is 44.6 Å². The van der Waals surface area contributed by atoms with E-state index in [0.717, 1.165) is 56.7 Å². The van der Waals surface area contributed by atoms with Crippen LogP contribution in [-0.4, -0.2) is 72.2 Å². The Kier molecular flexibility index (Phi) is 8.45. The van der Waals surface area contributed by atoms with Crippen LogP contribution < -0.4 is 5.32 Å². The smallest absolute Gasteiger partial charge is 0.194 e. The predicted octanol–water partition coefficient (Wildman–Crippen LogP) is 1.86. The molecular formula is C20H32N6O2S. The van der Waals surface area contributed by atoms with Gasteiger partial charge in [-0.05, 0) is 31.2 Å². The highest BCUT2D eigenvalue weighted by molar-refractivity contribution is 7.09. The predicted molar refractivity (Wildman–Crippen MR) is 115 cm³/mol. The van der Waals surface area contributed by atoms with E-state index in [1.807, 2.05) is 18.5 Å². The standard InChI is InChI=1S/C20H32N6O2S/c1-16-23-24-19(25(16)2)13-22-20(21-8-6-18-5-4-12-29-18)26-9-7-17(14-26)15-28-11-10-27-3/h4-5,12,17H,6-11,13-15H2,1-3H3,(H,21,22). The van der Waals surface area contributed by atoms with Crippen LogP contribution in [0, 0.1) is 12.8 Å². The van der Waals surface area contributed by atoms with E-state index in [1.54, 1.807) is 18.4 Å². The molecule has 1 N–H and O–H groups in total. The number of hydrogen-bond acceptors (Lipinski definition) is 6. The molecule has 9 heteroatoms. The first-order valence-corrected chi connectivity index (χ1v) is 11.0. The number of aromatic nitrogens is 3. The molecule has 1 aliphatic rings. The van der Waals surface area contributed by atoms with Gasteiger partial charge in [0.2, 0.25) is 0 Å². The van der Waals surface area contributed by atoms with Gasteiger partial charge >= 0.3 is 0 Å². The van der Waals surface area contributed by atoms with E-state index in [1.165, 1.54) is 4.88 Å². The Hall–Kier alpha value is -1.97. The molecule has 0 saturated carbocycles. The van der Waals surface area contributed by atoms with E-state index in [9.17, 15) is 0 Å². The lowest BCUT2D eigenvalue weighted by molar-refractivity contribution is 0.0536. The second-order valence-corrected chi connectivity index (χ2v) is 8.32. The highest BCUT2D eigenvalue weighted by Crippen LogP contribution is 2.17. The molecule has 0 spiro atoms. The van der Waals surface area contributed by atoms with Crippen LogP contribution in [0.5, 0.6) is 0 Å². The van der Waals surface area contributed by atoms with Crippen LogP contribution in [0.2, 0.25) is 0 Å². The van der Waals surface area contributed by atoms with Crippen molar-refractivity contribution >= 4 is 17.3 Å². The molecule has 3 heterocycles. The highest BCUT2D eigenvalue weighted by atomic mass is 32.1. The van der Waals surface area contributed by atoms with Gasteiger partial charge in [-0.1, -0.05) is 6.07 Å². The molecular weight excluding hydrogens is 388 g/mol. The van der Waals surface area contributed by atoms with Crippen LogP contribution in [0.15, 0.2) is 22.5 Å². The first kappa shape index (κ1) is 21.7. The van der Waals surface area contributed by atoms with Crippen LogP contribution in [-0.2, 0) is 29.5 Å². The van der Waals surface area contributed by atoms with Gasteiger partial charge in [-0.15, -0.1) is 21.5 Å². The molecule has 0 aromatic carbocycles. The van der Waals surface area contributed by atoms with Gasteiger partial charge in [0.15, 0.2) is 11.8 Å². The molecule has 8 nitrogen and oxygen atoms in total. The van der Waals surface area contributed by atoms with Gasteiger partial charge in [-0.3, -0.25) is 0 Å². The number of hydrogen-bond donors (Lipinski definition) is 1. The second-order valence-electron chi connectivity index (χ2n) is 7.29. The fourth-order valence-corrected chi connectivity index (χ4v) is 4.02. The molecule has 3 rings (SSSR count). The van der Waals surface area contributed by atoms with Gasteiger partial charge in [0.25, 0.3) is 0 Å². The Morgan fingerprint density at radius 2 is 2.28 bits per heavy atom. The zero-order chi connectivity index (χ0) is 20.5. The molecule has 0 radical (unpaired) electrons. The largest absolute Gasteiger partial charge is 0.382 e. The molecule has 2 aromatic heterocycles. The van der Waals surface area contributed by atoms with Crippen molar-refractivity contribution in [3.63, 3.8) is 0 Å². The molecule has 2 aromatic rings.